The van der Waals surface area contributed by atoms with E-state index in [9.17, 15) is 35.5 Å². The van der Waals surface area contributed by atoms with Gasteiger partial charge in [0.15, 0.2) is 0 Å². The van der Waals surface area contributed by atoms with Gasteiger partial charge in [-0.25, -0.2) is 9.37 Å². The van der Waals surface area contributed by atoms with Crippen molar-refractivity contribution in [2.24, 2.45) is 0 Å². The smallest absolute Gasteiger partial charge is 0.306 e. The predicted octanol–water partition coefficient (Wildman–Crippen LogP) is 5.17. The zero-order valence-electron chi connectivity index (χ0n) is 16.8. The molecule has 1 aliphatic rings. The number of fused-ring (bicyclic) bond motifs is 1. The average molecular weight is 471 g/mol. The molecule has 2 heterocycles. The van der Waals surface area contributed by atoms with Crippen molar-refractivity contribution in [1.82, 2.24) is 14.9 Å². The summed E-state index contributed by atoms with van der Waals surface area (Å²) in [4.78, 5) is 21.2. The van der Waals surface area contributed by atoms with E-state index in [1.54, 1.807) is 4.90 Å². The van der Waals surface area contributed by atoms with E-state index < -0.39 is 34.9 Å². The quantitative estimate of drug-likeness (QED) is 0.537. The predicted molar refractivity (Wildman–Crippen MR) is 105 cm³/mol. The molecule has 4 nitrogen and oxygen atoms in total. The molecule has 174 valence electrons. The summed E-state index contributed by atoms with van der Waals surface area (Å²) in [5.74, 6) is -0.852. The van der Waals surface area contributed by atoms with Crippen LogP contribution in [0.2, 0.25) is 0 Å². The average Bonchev–Trinajstić information content (AvgIpc) is 2.74. The van der Waals surface area contributed by atoms with E-state index >= 15 is 0 Å². The van der Waals surface area contributed by atoms with Crippen LogP contribution in [0.3, 0.4) is 0 Å². The van der Waals surface area contributed by atoms with Crippen molar-refractivity contribution in [3.05, 3.63) is 86.6 Å². The van der Waals surface area contributed by atoms with Crippen LogP contribution in [0.15, 0.2) is 47.3 Å². The van der Waals surface area contributed by atoms with Crippen LogP contribution < -0.4 is 5.56 Å². The number of aromatic nitrogens is 2. The van der Waals surface area contributed by atoms with E-state index in [2.05, 4.69) is 9.97 Å². The van der Waals surface area contributed by atoms with Gasteiger partial charge in [-0.15, -0.1) is 0 Å². The Kier molecular flexibility index (Phi) is 5.77. The van der Waals surface area contributed by atoms with Gasteiger partial charge >= 0.3 is 12.4 Å². The molecule has 0 atom stereocenters. The minimum Gasteiger partial charge on any atom is -0.306 e. The molecule has 33 heavy (non-hydrogen) atoms. The molecule has 1 N–H and O–H groups in total. The molecule has 11 heteroatoms. The molecule has 3 aromatic rings. The van der Waals surface area contributed by atoms with Gasteiger partial charge in [0, 0.05) is 37.2 Å². The van der Waals surface area contributed by atoms with Gasteiger partial charge in [-0.1, -0.05) is 18.2 Å². The Labute approximate surface area is 182 Å². The summed E-state index contributed by atoms with van der Waals surface area (Å²) in [6, 6.07) is 6.55. The van der Waals surface area contributed by atoms with E-state index in [1.165, 1.54) is 12.1 Å². The van der Waals surface area contributed by atoms with Crippen molar-refractivity contribution in [3.8, 4) is 11.4 Å². The summed E-state index contributed by atoms with van der Waals surface area (Å²) in [5, 5.41) is 0. The Balaban J connectivity index is 1.53. The molecule has 0 bridgehead atoms. The molecule has 0 amide bonds. The SMILES string of the molecule is O=c1[nH]c(-c2ccc(C(F)(F)F)cc2)nc2c1CN(Cc1ccc(C(F)(F)F)cc1F)CC2. The maximum atomic E-state index is 14.2. The fourth-order valence-electron chi connectivity index (χ4n) is 3.66. The minimum absolute atomic E-state index is 0.00348. The van der Waals surface area contributed by atoms with Gasteiger partial charge in [0.2, 0.25) is 0 Å². The fourth-order valence-corrected chi connectivity index (χ4v) is 3.66. The summed E-state index contributed by atoms with van der Waals surface area (Å²) in [7, 11) is 0. The Morgan fingerprint density at radius 2 is 1.58 bits per heavy atom. The van der Waals surface area contributed by atoms with Crippen molar-refractivity contribution in [3.63, 3.8) is 0 Å². The number of hydrogen-bond acceptors (Lipinski definition) is 3. The lowest BCUT2D eigenvalue weighted by Gasteiger charge is -2.28. The molecule has 0 aliphatic carbocycles. The Hall–Kier alpha value is -3.21. The van der Waals surface area contributed by atoms with Crippen LogP contribution in [0.1, 0.15) is 27.9 Å². The van der Waals surface area contributed by atoms with Gasteiger partial charge in [0.1, 0.15) is 11.6 Å². The van der Waals surface area contributed by atoms with Crippen molar-refractivity contribution in [2.45, 2.75) is 31.9 Å². The molecule has 1 aromatic heterocycles. The standard InChI is InChI=1S/C22H16F7N3O/c23-17-9-15(22(27,28)29)6-3-13(17)10-32-8-7-18-16(11-32)20(33)31-19(30-18)12-1-4-14(5-2-12)21(24,25)26/h1-6,9H,7-8,10-11H2,(H,30,31,33). The zero-order valence-corrected chi connectivity index (χ0v) is 16.8. The van der Waals surface area contributed by atoms with E-state index in [4.69, 9.17) is 0 Å². The van der Waals surface area contributed by atoms with Gasteiger partial charge in [-0.05, 0) is 24.3 Å². The number of nitrogens with zero attached hydrogens (tertiary/aromatic N) is 2. The Morgan fingerprint density at radius 3 is 2.18 bits per heavy atom. The zero-order chi connectivity index (χ0) is 24.0. The van der Waals surface area contributed by atoms with Crippen molar-refractivity contribution >= 4 is 0 Å². The lowest BCUT2D eigenvalue weighted by Crippen LogP contribution is -2.35. The lowest BCUT2D eigenvalue weighted by atomic mass is 10.0. The summed E-state index contributed by atoms with van der Waals surface area (Å²) in [5.41, 5.74) is -1.20. The second-order valence-electron chi connectivity index (χ2n) is 7.68. The first-order valence-electron chi connectivity index (χ1n) is 9.79. The van der Waals surface area contributed by atoms with Crippen LogP contribution in [0.4, 0.5) is 30.7 Å². The summed E-state index contributed by atoms with van der Waals surface area (Å²) < 4.78 is 90.6. The molecular formula is C22H16F7N3O. The highest BCUT2D eigenvalue weighted by molar-refractivity contribution is 5.56. The molecule has 0 saturated heterocycles. The molecular weight excluding hydrogens is 455 g/mol. The maximum absolute atomic E-state index is 14.2. The number of nitrogens with one attached hydrogen (secondary N) is 1. The highest BCUT2D eigenvalue weighted by Gasteiger charge is 2.32. The van der Waals surface area contributed by atoms with Crippen LogP contribution in [-0.2, 0) is 31.9 Å². The monoisotopic (exact) mass is 471 g/mol. The number of H-pyrrole nitrogens is 1. The number of halogens is 7. The number of alkyl halides is 6. The minimum atomic E-state index is -4.65. The van der Waals surface area contributed by atoms with Crippen LogP contribution in [-0.4, -0.2) is 21.4 Å². The van der Waals surface area contributed by atoms with Crippen LogP contribution in [0.25, 0.3) is 11.4 Å². The van der Waals surface area contributed by atoms with Crippen molar-refractivity contribution in [1.29, 1.82) is 0 Å². The van der Waals surface area contributed by atoms with Gasteiger partial charge in [-0.2, -0.15) is 26.3 Å². The summed E-state index contributed by atoms with van der Waals surface area (Å²) >= 11 is 0. The summed E-state index contributed by atoms with van der Waals surface area (Å²) in [6.07, 6.45) is -8.81. The van der Waals surface area contributed by atoms with E-state index in [0.29, 0.717) is 35.9 Å². The number of rotatable bonds is 3. The first-order chi connectivity index (χ1) is 15.4. The fraction of sp³-hybridized carbons (Fsp3) is 0.273. The highest BCUT2D eigenvalue weighted by atomic mass is 19.4. The third-order valence-electron chi connectivity index (χ3n) is 5.41. The highest BCUT2D eigenvalue weighted by Crippen LogP contribution is 2.32. The van der Waals surface area contributed by atoms with Gasteiger partial charge < -0.3 is 4.98 Å². The molecule has 4 rings (SSSR count). The molecule has 0 radical (unpaired) electrons. The topological polar surface area (TPSA) is 49.0 Å². The van der Waals surface area contributed by atoms with Gasteiger partial charge in [0.25, 0.3) is 5.56 Å². The molecule has 0 unspecified atom stereocenters. The van der Waals surface area contributed by atoms with Crippen molar-refractivity contribution < 1.29 is 30.7 Å². The first-order valence-corrected chi connectivity index (χ1v) is 9.79. The first kappa shape index (κ1) is 23.0. The van der Waals surface area contributed by atoms with E-state index in [1.807, 2.05) is 0 Å². The van der Waals surface area contributed by atoms with Crippen LogP contribution in [0, 0.1) is 5.82 Å². The van der Waals surface area contributed by atoms with Crippen LogP contribution in [0.5, 0.6) is 0 Å². The number of hydrogen-bond donors (Lipinski definition) is 1. The second-order valence-corrected chi connectivity index (χ2v) is 7.68. The molecule has 1 aliphatic heterocycles. The third kappa shape index (κ3) is 4.92. The summed E-state index contributed by atoms with van der Waals surface area (Å²) in [6.45, 7) is 0.477. The number of benzene rings is 2. The van der Waals surface area contributed by atoms with Gasteiger partial charge in [0.05, 0.1) is 22.4 Å². The second kappa shape index (κ2) is 8.29. The van der Waals surface area contributed by atoms with Crippen LogP contribution >= 0.6 is 0 Å². The largest absolute Gasteiger partial charge is 0.416 e. The molecule has 0 saturated carbocycles. The maximum Gasteiger partial charge on any atom is 0.416 e. The molecule has 0 spiro atoms. The third-order valence-corrected chi connectivity index (χ3v) is 5.41. The lowest BCUT2D eigenvalue weighted by molar-refractivity contribution is -0.138. The van der Waals surface area contributed by atoms with E-state index in [0.717, 1.165) is 24.3 Å². The Bertz CT molecular complexity index is 1230. The van der Waals surface area contributed by atoms with Crippen molar-refractivity contribution in [2.75, 3.05) is 6.54 Å². The number of aromatic amines is 1. The van der Waals surface area contributed by atoms with Gasteiger partial charge in [-0.3, -0.25) is 9.69 Å². The normalized spacial score (nSPS) is 14.9. The Morgan fingerprint density at radius 1 is 0.939 bits per heavy atom. The molecule has 0 fully saturated rings. The van der Waals surface area contributed by atoms with E-state index in [-0.39, 0.29) is 24.5 Å². The molecule has 2 aromatic carbocycles.